The lowest BCUT2D eigenvalue weighted by Gasteiger charge is -2.47. The Kier molecular flexibility index (Phi) is 6.18. The molecule has 5 nitrogen and oxygen atoms in total. The fraction of sp³-hybridized carbons (Fsp3) is 0.440. The lowest BCUT2D eigenvalue weighted by Crippen LogP contribution is -2.59. The zero-order valence-corrected chi connectivity index (χ0v) is 17.6. The fourth-order valence-corrected chi connectivity index (χ4v) is 4.51. The van der Waals surface area contributed by atoms with Gasteiger partial charge in [-0.25, -0.2) is 4.79 Å². The maximum absolute atomic E-state index is 13.2. The van der Waals surface area contributed by atoms with E-state index in [4.69, 9.17) is 9.47 Å². The second-order valence-corrected chi connectivity index (χ2v) is 8.61. The summed E-state index contributed by atoms with van der Waals surface area (Å²) >= 11 is 0. The van der Waals surface area contributed by atoms with Gasteiger partial charge in [-0.1, -0.05) is 62.4 Å². The van der Waals surface area contributed by atoms with Gasteiger partial charge in [0.1, 0.15) is 6.61 Å². The van der Waals surface area contributed by atoms with Gasteiger partial charge in [-0.15, -0.1) is 0 Å². The molecule has 2 fully saturated rings. The van der Waals surface area contributed by atoms with E-state index in [1.54, 1.807) is 4.90 Å². The van der Waals surface area contributed by atoms with Gasteiger partial charge in [0.2, 0.25) is 0 Å². The highest BCUT2D eigenvalue weighted by Crippen LogP contribution is 2.34. The van der Waals surface area contributed by atoms with Gasteiger partial charge in [0.15, 0.2) is 5.78 Å². The molecule has 1 amide bonds. The van der Waals surface area contributed by atoms with Crippen LogP contribution < -0.4 is 0 Å². The third-order valence-corrected chi connectivity index (χ3v) is 6.15. The van der Waals surface area contributed by atoms with Crippen LogP contribution in [0.5, 0.6) is 0 Å². The average molecular weight is 408 g/mol. The van der Waals surface area contributed by atoms with Crippen LogP contribution >= 0.6 is 0 Å². The molecule has 2 aliphatic heterocycles. The number of nitrogens with zero attached hydrogens (tertiary/aromatic N) is 1. The van der Waals surface area contributed by atoms with Crippen molar-refractivity contribution in [3.05, 3.63) is 71.3 Å². The van der Waals surface area contributed by atoms with Crippen LogP contribution in [-0.2, 0) is 16.1 Å². The molecular weight excluding hydrogens is 378 g/mol. The molecule has 2 atom stereocenters. The van der Waals surface area contributed by atoms with E-state index in [0.29, 0.717) is 32.0 Å². The summed E-state index contributed by atoms with van der Waals surface area (Å²) in [5, 5.41) is 0. The van der Waals surface area contributed by atoms with Crippen molar-refractivity contribution in [1.29, 1.82) is 0 Å². The predicted molar refractivity (Wildman–Crippen MR) is 114 cm³/mol. The first kappa shape index (κ1) is 20.6. The van der Waals surface area contributed by atoms with E-state index in [0.717, 1.165) is 11.1 Å². The Bertz CT molecular complexity index is 881. The number of hydrogen-bond acceptors (Lipinski definition) is 4. The molecule has 0 aromatic heterocycles. The Morgan fingerprint density at radius 3 is 2.40 bits per heavy atom. The van der Waals surface area contributed by atoms with Crippen molar-refractivity contribution in [2.24, 2.45) is 5.92 Å². The molecule has 2 aromatic rings. The molecule has 2 unspecified atom stereocenters. The Morgan fingerprint density at radius 1 is 1.03 bits per heavy atom. The van der Waals surface area contributed by atoms with Crippen LogP contribution in [0.15, 0.2) is 54.6 Å². The van der Waals surface area contributed by atoms with Gasteiger partial charge in [-0.2, -0.15) is 0 Å². The number of ether oxygens (including phenoxy) is 2. The molecule has 0 aliphatic carbocycles. The van der Waals surface area contributed by atoms with Crippen LogP contribution in [0.25, 0.3) is 0 Å². The summed E-state index contributed by atoms with van der Waals surface area (Å²) in [6.07, 6.45) is 0.911. The minimum atomic E-state index is -0.315. The summed E-state index contributed by atoms with van der Waals surface area (Å²) in [4.78, 5) is 27.8. The highest BCUT2D eigenvalue weighted by Gasteiger charge is 2.44. The highest BCUT2D eigenvalue weighted by atomic mass is 16.6. The summed E-state index contributed by atoms with van der Waals surface area (Å²) in [6, 6.07) is 17.4. The van der Waals surface area contributed by atoms with Crippen LogP contribution in [-0.4, -0.2) is 42.1 Å². The second kappa shape index (κ2) is 9.00. The molecule has 4 rings (SSSR count). The Hall–Kier alpha value is -2.66. The van der Waals surface area contributed by atoms with E-state index in [1.165, 1.54) is 5.56 Å². The van der Waals surface area contributed by atoms with Crippen LogP contribution in [0.2, 0.25) is 0 Å². The first-order valence-electron chi connectivity index (χ1n) is 10.7. The number of piperidine rings is 1. The average Bonchev–Trinajstić information content (AvgIpc) is 2.76. The fourth-order valence-electron chi connectivity index (χ4n) is 4.51. The predicted octanol–water partition coefficient (Wildman–Crippen LogP) is 4.81. The van der Waals surface area contributed by atoms with Gasteiger partial charge in [-0.3, -0.25) is 9.69 Å². The molecular formula is C25H29NO4. The number of benzene rings is 2. The van der Waals surface area contributed by atoms with E-state index in [9.17, 15) is 9.59 Å². The number of Topliss-reactive ketones (excluding diaryl/α,β-unsaturated/α-hetero) is 1. The van der Waals surface area contributed by atoms with Gasteiger partial charge in [-0.05, 0) is 36.0 Å². The molecule has 2 aromatic carbocycles. The second-order valence-electron chi connectivity index (χ2n) is 8.61. The first-order chi connectivity index (χ1) is 14.5. The molecule has 2 bridgehead atoms. The van der Waals surface area contributed by atoms with Gasteiger partial charge >= 0.3 is 6.09 Å². The van der Waals surface area contributed by atoms with E-state index >= 15 is 0 Å². The van der Waals surface area contributed by atoms with Gasteiger partial charge in [0.05, 0.1) is 25.3 Å². The van der Waals surface area contributed by atoms with E-state index in [1.807, 2.05) is 48.5 Å². The number of carbonyl (C=O) groups excluding carboxylic acids is 2. The Morgan fingerprint density at radius 2 is 1.73 bits per heavy atom. The lowest BCUT2D eigenvalue weighted by atomic mass is 9.80. The van der Waals surface area contributed by atoms with Gasteiger partial charge in [0.25, 0.3) is 0 Å². The van der Waals surface area contributed by atoms with Gasteiger partial charge < -0.3 is 9.47 Å². The molecule has 2 aliphatic rings. The third kappa shape index (κ3) is 4.41. The molecule has 5 heteroatoms. The standard InChI is InChI=1S/C25H29NO4/c1-17(2)19-9-6-10-20(11-19)24(27)21-12-22-15-29-16-23(13-21)26(22)25(28)30-14-18-7-4-3-5-8-18/h3-11,17,21-23H,12-16H2,1-2H3. The number of ketones is 1. The number of rotatable bonds is 5. The Balaban J connectivity index is 1.43. The molecule has 158 valence electrons. The highest BCUT2D eigenvalue weighted by molar-refractivity contribution is 5.98. The molecule has 0 N–H and O–H groups in total. The van der Waals surface area contributed by atoms with Crippen LogP contribution in [0.1, 0.15) is 54.1 Å². The molecule has 2 saturated heterocycles. The molecule has 2 heterocycles. The van der Waals surface area contributed by atoms with Crippen molar-refractivity contribution in [1.82, 2.24) is 4.90 Å². The zero-order chi connectivity index (χ0) is 21.1. The molecule has 0 spiro atoms. The summed E-state index contributed by atoms with van der Waals surface area (Å²) < 4.78 is 11.3. The quantitative estimate of drug-likeness (QED) is 0.668. The van der Waals surface area contributed by atoms with Crippen molar-refractivity contribution in [3.8, 4) is 0 Å². The summed E-state index contributed by atoms with van der Waals surface area (Å²) in [7, 11) is 0. The Labute approximate surface area is 178 Å². The van der Waals surface area contributed by atoms with Crippen LogP contribution in [0, 0.1) is 5.92 Å². The summed E-state index contributed by atoms with van der Waals surface area (Å²) in [6.45, 7) is 5.41. The minimum absolute atomic E-state index is 0.0931. The minimum Gasteiger partial charge on any atom is -0.445 e. The van der Waals surface area contributed by atoms with Crippen molar-refractivity contribution in [3.63, 3.8) is 0 Å². The lowest BCUT2D eigenvalue weighted by molar-refractivity contribution is -0.0755. The first-order valence-corrected chi connectivity index (χ1v) is 10.7. The number of carbonyl (C=O) groups is 2. The van der Waals surface area contributed by atoms with Crippen LogP contribution in [0.3, 0.4) is 0 Å². The maximum atomic E-state index is 13.2. The van der Waals surface area contributed by atoms with Gasteiger partial charge in [0, 0.05) is 11.5 Å². The van der Waals surface area contributed by atoms with E-state index in [-0.39, 0.29) is 36.5 Å². The zero-order valence-electron chi connectivity index (χ0n) is 17.6. The van der Waals surface area contributed by atoms with E-state index < -0.39 is 0 Å². The molecule has 0 radical (unpaired) electrons. The van der Waals surface area contributed by atoms with Crippen molar-refractivity contribution >= 4 is 11.9 Å². The van der Waals surface area contributed by atoms with Crippen molar-refractivity contribution in [2.45, 2.75) is 51.3 Å². The van der Waals surface area contributed by atoms with E-state index in [2.05, 4.69) is 19.9 Å². The van der Waals surface area contributed by atoms with Crippen molar-refractivity contribution < 1.29 is 19.1 Å². The summed E-state index contributed by atoms with van der Waals surface area (Å²) in [5.74, 6) is 0.461. The number of hydrogen-bond donors (Lipinski definition) is 0. The number of morpholine rings is 1. The van der Waals surface area contributed by atoms with Crippen LogP contribution in [0.4, 0.5) is 4.79 Å². The number of fused-ring (bicyclic) bond motifs is 2. The normalized spacial score (nSPS) is 23.3. The van der Waals surface area contributed by atoms with Crippen molar-refractivity contribution in [2.75, 3.05) is 13.2 Å². The topological polar surface area (TPSA) is 55.8 Å². The maximum Gasteiger partial charge on any atom is 0.410 e. The smallest absolute Gasteiger partial charge is 0.410 e. The SMILES string of the molecule is CC(C)c1cccc(C(=O)C2CC3COCC(C2)N3C(=O)OCc2ccccc2)c1. The molecule has 30 heavy (non-hydrogen) atoms. The third-order valence-electron chi connectivity index (χ3n) is 6.15. The monoisotopic (exact) mass is 407 g/mol. The molecule has 0 saturated carbocycles. The number of amides is 1. The largest absolute Gasteiger partial charge is 0.445 e. The summed E-state index contributed by atoms with van der Waals surface area (Å²) in [5.41, 5.74) is 2.90.